The van der Waals surface area contributed by atoms with Gasteiger partial charge in [-0.3, -0.25) is 9.59 Å². The van der Waals surface area contributed by atoms with Crippen molar-refractivity contribution >= 4 is 39.8 Å². The molecule has 0 saturated heterocycles. The first-order valence-electron chi connectivity index (χ1n) is 11.2. The van der Waals surface area contributed by atoms with Crippen molar-refractivity contribution in [1.82, 2.24) is 9.97 Å². The second-order valence-corrected chi connectivity index (χ2v) is 9.37. The molecule has 0 radical (unpaired) electrons. The lowest BCUT2D eigenvalue weighted by Crippen LogP contribution is -2.25. The Morgan fingerprint density at radius 1 is 1.11 bits per heavy atom. The number of aromatic nitrogens is 2. The summed E-state index contributed by atoms with van der Waals surface area (Å²) in [5, 5.41) is 14.4. The number of carbonyl (C=O) groups is 1. The molecule has 1 aromatic heterocycles. The Bertz CT molecular complexity index is 1470. The van der Waals surface area contributed by atoms with Crippen molar-refractivity contribution in [2.45, 2.75) is 23.8 Å². The van der Waals surface area contributed by atoms with E-state index in [1.807, 2.05) is 98.7 Å². The highest BCUT2D eigenvalue weighted by Gasteiger charge is 2.22. The molecule has 2 N–H and O–H groups in total. The average Bonchev–Trinajstić information content (AvgIpc) is 2.87. The molecule has 1 amide bonds. The van der Waals surface area contributed by atoms with Crippen molar-refractivity contribution in [1.29, 1.82) is 5.26 Å². The largest absolute Gasteiger partial charge is 0.378 e. The fraction of sp³-hybridized carbons (Fsp3) is 0.185. The lowest BCUT2D eigenvalue weighted by atomic mass is 10.1. The van der Waals surface area contributed by atoms with Gasteiger partial charge in [0.05, 0.1) is 10.9 Å². The number of rotatable bonds is 7. The molecule has 1 heterocycles. The number of hydrogen-bond acceptors (Lipinski definition) is 6. The lowest BCUT2D eigenvalue weighted by Gasteiger charge is -2.16. The number of nitrogens with zero attached hydrogens (tertiary/aromatic N) is 3. The number of carbonyl (C=O) groups excluding carboxylic acids is 1. The van der Waals surface area contributed by atoms with E-state index in [9.17, 15) is 14.9 Å². The molecule has 4 rings (SSSR count). The molecule has 3 aromatic carbocycles. The van der Waals surface area contributed by atoms with Crippen molar-refractivity contribution in [3.63, 3.8) is 0 Å². The zero-order valence-electron chi connectivity index (χ0n) is 19.7. The predicted octanol–water partition coefficient (Wildman–Crippen LogP) is 5.04. The molecule has 0 bridgehead atoms. The average molecular weight is 484 g/mol. The van der Waals surface area contributed by atoms with Crippen LogP contribution >= 0.6 is 11.8 Å². The van der Waals surface area contributed by atoms with Gasteiger partial charge in [0.25, 0.3) is 5.56 Å². The van der Waals surface area contributed by atoms with Gasteiger partial charge in [-0.25, -0.2) is 4.98 Å². The highest BCUT2D eigenvalue weighted by atomic mass is 32.2. The van der Waals surface area contributed by atoms with E-state index in [4.69, 9.17) is 0 Å². The maximum Gasteiger partial charge on any atom is 0.270 e. The molecule has 35 heavy (non-hydrogen) atoms. The molecule has 1 atom stereocenters. The summed E-state index contributed by atoms with van der Waals surface area (Å²) >= 11 is 1.18. The van der Waals surface area contributed by atoms with E-state index >= 15 is 0 Å². The molecule has 0 aliphatic heterocycles. The van der Waals surface area contributed by atoms with E-state index < -0.39 is 10.8 Å². The second kappa shape index (κ2) is 10.5. The molecule has 4 aromatic rings. The SMILES string of the molecule is CC[C@@H](Sc1nc(-c2ccc(N(C)C)cc2)c(C#N)c(=O)[nH]1)C(=O)Nc1cccc2ccccc12. The van der Waals surface area contributed by atoms with Gasteiger partial charge in [-0.15, -0.1) is 0 Å². The van der Waals surface area contributed by atoms with Crippen LogP contribution in [0.2, 0.25) is 0 Å². The van der Waals surface area contributed by atoms with Gasteiger partial charge in [0, 0.05) is 36.4 Å². The Morgan fingerprint density at radius 2 is 1.83 bits per heavy atom. The van der Waals surface area contributed by atoms with Gasteiger partial charge in [0.1, 0.15) is 11.6 Å². The number of nitriles is 1. The third-order valence-electron chi connectivity index (χ3n) is 5.63. The van der Waals surface area contributed by atoms with Crippen molar-refractivity contribution in [3.05, 3.63) is 82.6 Å². The van der Waals surface area contributed by atoms with Crippen LogP contribution in [0.1, 0.15) is 18.9 Å². The number of nitrogens with one attached hydrogen (secondary N) is 2. The number of aromatic amines is 1. The van der Waals surface area contributed by atoms with Gasteiger partial charge >= 0.3 is 0 Å². The van der Waals surface area contributed by atoms with E-state index in [2.05, 4.69) is 15.3 Å². The van der Waals surface area contributed by atoms with E-state index in [-0.39, 0.29) is 11.5 Å². The van der Waals surface area contributed by atoms with Crippen LogP contribution in [-0.2, 0) is 4.79 Å². The lowest BCUT2D eigenvalue weighted by molar-refractivity contribution is -0.115. The Morgan fingerprint density at radius 3 is 2.51 bits per heavy atom. The number of hydrogen-bond donors (Lipinski definition) is 2. The van der Waals surface area contributed by atoms with E-state index in [1.165, 1.54) is 11.8 Å². The molecular formula is C27H25N5O2S. The minimum atomic E-state index is -0.527. The Balaban J connectivity index is 1.62. The van der Waals surface area contributed by atoms with Crippen molar-refractivity contribution in [3.8, 4) is 17.3 Å². The van der Waals surface area contributed by atoms with Gasteiger partial charge in [-0.05, 0) is 30.0 Å². The summed E-state index contributed by atoms with van der Waals surface area (Å²) in [6.45, 7) is 1.91. The van der Waals surface area contributed by atoms with Crippen LogP contribution in [0.4, 0.5) is 11.4 Å². The first-order valence-corrected chi connectivity index (χ1v) is 12.1. The zero-order chi connectivity index (χ0) is 24.9. The number of benzene rings is 3. The summed E-state index contributed by atoms with van der Waals surface area (Å²) in [4.78, 5) is 35.0. The van der Waals surface area contributed by atoms with E-state index in [0.717, 1.165) is 22.1 Å². The number of anilines is 2. The maximum absolute atomic E-state index is 13.1. The first-order chi connectivity index (χ1) is 16.9. The molecule has 0 fully saturated rings. The summed E-state index contributed by atoms with van der Waals surface area (Å²) in [6, 6.07) is 23.0. The molecule has 0 aliphatic carbocycles. The van der Waals surface area contributed by atoms with Crippen molar-refractivity contribution < 1.29 is 4.79 Å². The third kappa shape index (κ3) is 5.20. The zero-order valence-corrected chi connectivity index (χ0v) is 20.5. The van der Waals surface area contributed by atoms with Gasteiger partial charge in [-0.1, -0.05) is 67.2 Å². The van der Waals surface area contributed by atoms with Crippen LogP contribution in [0.25, 0.3) is 22.0 Å². The smallest absolute Gasteiger partial charge is 0.270 e. The normalized spacial score (nSPS) is 11.6. The van der Waals surface area contributed by atoms with Crippen LogP contribution in [-0.4, -0.2) is 35.2 Å². The topological polar surface area (TPSA) is 102 Å². The fourth-order valence-corrected chi connectivity index (χ4v) is 4.64. The second-order valence-electron chi connectivity index (χ2n) is 8.18. The van der Waals surface area contributed by atoms with Crippen LogP contribution in [0, 0.1) is 11.3 Å². The summed E-state index contributed by atoms with van der Waals surface area (Å²) < 4.78 is 0. The summed E-state index contributed by atoms with van der Waals surface area (Å²) in [5.41, 5.74) is 2.10. The molecule has 176 valence electrons. The molecule has 0 spiro atoms. The summed E-state index contributed by atoms with van der Waals surface area (Å²) in [6.07, 6.45) is 0.526. The molecule has 0 aliphatic rings. The van der Waals surface area contributed by atoms with Crippen LogP contribution in [0.3, 0.4) is 0 Å². The van der Waals surface area contributed by atoms with Crippen LogP contribution in [0.5, 0.6) is 0 Å². The predicted molar refractivity (Wildman–Crippen MR) is 142 cm³/mol. The van der Waals surface area contributed by atoms with Gasteiger partial charge in [0.2, 0.25) is 5.91 Å². The van der Waals surface area contributed by atoms with Crippen molar-refractivity contribution in [2.24, 2.45) is 0 Å². The highest BCUT2D eigenvalue weighted by molar-refractivity contribution is 8.00. The maximum atomic E-state index is 13.1. The fourth-order valence-electron chi connectivity index (χ4n) is 3.74. The minimum Gasteiger partial charge on any atom is -0.378 e. The first kappa shape index (κ1) is 24.0. The third-order valence-corrected chi connectivity index (χ3v) is 6.88. The quantitative estimate of drug-likeness (QED) is 0.282. The van der Waals surface area contributed by atoms with Crippen LogP contribution in [0.15, 0.2) is 76.7 Å². The van der Waals surface area contributed by atoms with Gasteiger partial charge in [0.15, 0.2) is 5.16 Å². The Kier molecular flexibility index (Phi) is 7.18. The number of H-pyrrole nitrogens is 1. The summed E-state index contributed by atoms with van der Waals surface area (Å²) in [5.74, 6) is -0.183. The van der Waals surface area contributed by atoms with Crippen molar-refractivity contribution in [2.75, 3.05) is 24.3 Å². The van der Waals surface area contributed by atoms with Crippen LogP contribution < -0.4 is 15.8 Å². The molecule has 7 nitrogen and oxygen atoms in total. The Hall–Kier alpha value is -4.09. The standard InChI is InChI=1S/C27H25N5O2S/c1-4-23(26(34)29-22-11-7-9-17-8-5-6-10-20(17)22)35-27-30-24(21(16-28)25(33)31-27)18-12-14-19(15-13-18)32(2)3/h5-15,23H,4H2,1-3H3,(H,29,34)(H,30,31,33)/t23-/m1/s1. The number of thioether (sulfide) groups is 1. The van der Waals surface area contributed by atoms with E-state index in [0.29, 0.717) is 22.8 Å². The monoisotopic (exact) mass is 483 g/mol. The van der Waals surface area contributed by atoms with E-state index in [1.54, 1.807) is 0 Å². The van der Waals surface area contributed by atoms with Gasteiger partial charge < -0.3 is 15.2 Å². The Labute approximate surface area is 207 Å². The highest BCUT2D eigenvalue weighted by Crippen LogP contribution is 2.29. The minimum absolute atomic E-state index is 0.0554. The molecular weight excluding hydrogens is 458 g/mol. The molecule has 8 heteroatoms. The molecule has 0 saturated carbocycles. The number of fused-ring (bicyclic) bond motifs is 1. The van der Waals surface area contributed by atoms with Gasteiger partial charge in [-0.2, -0.15) is 5.26 Å². The number of amides is 1. The summed E-state index contributed by atoms with van der Waals surface area (Å²) in [7, 11) is 3.87. The molecule has 0 unspecified atom stereocenters.